The highest BCUT2D eigenvalue weighted by molar-refractivity contribution is 8.00. The molecular formula is C24H24ClN7O2S4. The first kappa shape index (κ1) is 28.6. The molecule has 1 atom stereocenters. The van der Waals surface area contributed by atoms with E-state index in [-0.39, 0.29) is 23.5 Å². The van der Waals surface area contributed by atoms with Gasteiger partial charge in [0.15, 0.2) is 0 Å². The number of nitro groups is 1. The molecule has 1 N–H and O–H groups in total. The average Bonchev–Trinajstić information content (AvgIpc) is 3.52. The van der Waals surface area contributed by atoms with Gasteiger partial charge in [0.25, 0.3) is 0 Å². The average molecular weight is 606 g/mol. The topological polar surface area (TPSA) is 115 Å². The van der Waals surface area contributed by atoms with Crippen molar-refractivity contribution in [3.63, 3.8) is 0 Å². The molecule has 198 valence electrons. The van der Waals surface area contributed by atoms with E-state index in [1.165, 1.54) is 20.5 Å². The second-order valence-corrected chi connectivity index (χ2v) is 11.7. The van der Waals surface area contributed by atoms with Crippen LogP contribution < -0.4 is 0 Å². The minimum absolute atomic E-state index is 0. The van der Waals surface area contributed by atoms with E-state index in [1.807, 2.05) is 24.4 Å². The summed E-state index contributed by atoms with van der Waals surface area (Å²) in [4.78, 5) is 29.8. The predicted octanol–water partition coefficient (Wildman–Crippen LogP) is 6.65. The molecule has 1 unspecified atom stereocenters. The highest BCUT2D eigenvalue weighted by atomic mass is 35.5. The van der Waals surface area contributed by atoms with E-state index in [0.717, 1.165) is 51.1 Å². The number of pyridine rings is 1. The molecule has 9 nitrogen and oxygen atoms in total. The van der Waals surface area contributed by atoms with Crippen LogP contribution in [0.5, 0.6) is 0 Å². The summed E-state index contributed by atoms with van der Waals surface area (Å²) in [5, 5.41) is 16.0. The maximum absolute atomic E-state index is 11.1. The molecule has 0 radical (unpaired) electrons. The lowest BCUT2D eigenvalue weighted by molar-refractivity contribution is -0.391. The van der Waals surface area contributed by atoms with Gasteiger partial charge in [0.1, 0.15) is 22.3 Å². The summed E-state index contributed by atoms with van der Waals surface area (Å²) in [5.41, 5.74) is 4.38. The van der Waals surface area contributed by atoms with Crippen molar-refractivity contribution in [2.24, 2.45) is 0 Å². The Labute approximate surface area is 243 Å². The fraction of sp³-hybridized carbons (Fsp3) is 0.250. The maximum atomic E-state index is 11.1. The molecule has 4 heterocycles. The van der Waals surface area contributed by atoms with Crippen molar-refractivity contribution in [2.45, 2.75) is 33.4 Å². The molecule has 5 rings (SSSR count). The SMILES string of the molecule is CSc1ccc2[nH]c(C(S)c3nccc(SCCCSc4ccc5ncc([N+](=O)[O-])n5n4)c3C)nc2c1.Cl. The summed E-state index contributed by atoms with van der Waals surface area (Å²) in [6, 6.07) is 11.8. The van der Waals surface area contributed by atoms with Gasteiger partial charge >= 0.3 is 5.82 Å². The number of hydrogen-bond donors (Lipinski definition) is 2. The fourth-order valence-corrected chi connectivity index (χ4v) is 6.61. The molecule has 5 aromatic rings. The molecule has 1 aromatic carbocycles. The molecular weight excluding hydrogens is 582 g/mol. The first-order valence-corrected chi connectivity index (χ1v) is 15.1. The Morgan fingerprint density at radius 3 is 2.76 bits per heavy atom. The number of H-pyrrole nitrogens is 1. The summed E-state index contributed by atoms with van der Waals surface area (Å²) < 4.78 is 1.27. The van der Waals surface area contributed by atoms with Crippen molar-refractivity contribution in [3.8, 4) is 0 Å². The van der Waals surface area contributed by atoms with E-state index in [0.29, 0.717) is 5.65 Å². The number of halogens is 1. The number of thiol groups is 1. The summed E-state index contributed by atoms with van der Waals surface area (Å²) in [6.07, 6.45) is 6.05. The zero-order valence-corrected chi connectivity index (χ0v) is 24.6. The number of nitrogens with zero attached hydrogens (tertiary/aromatic N) is 6. The van der Waals surface area contributed by atoms with Crippen LogP contribution in [0.2, 0.25) is 0 Å². The normalized spacial score (nSPS) is 12.1. The number of nitrogens with one attached hydrogen (secondary N) is 1. The van der Waals surface area contributed by atoms with Crippen molar-refractivity contribution in [3.05, 3.63) is 76.0 Å². The number of aromatic amines is 1. The van der Waals surface area contributed by atoms with Crippen molar-refractivity contribution < 1.29 is 4.92 Å². The number of imidazole rings is 2. The molecule has 38 heavy (non-hydrogen) atoms. The van der Waals surface area contributed by atoms with Gasteiger partial charge in [-0.2, -0.15) is 12.6 Å². The Hall–Kier alpha value is -2.45. The lowest BCUT2D eigenvalue weighted by Gasteiger charge is -2.14. The van der Waals surface area contributed by atoms with Gasteiger partial charge in [-0.05, 0) is 66.2 Å². The molecule has 0 fully saturated rings. The molecule has 0 amide bonds. The molecule has 4 aromatic heterocycles. The van der Waals surface area contributed by atoms with E-state index in [1.54, 1.807) is 41.4 Å². The first-order valence-electron chi connectivity index (χ1n) is 11.4. The monoisotopic (exact) mass is 605 g/mol. The second kappa shape index (κ2) is 12.6. The van der Waals surface area contributed by atoms with Gasteiger partial charge in [0.2, 0.25) is 5.65 Å². The Bertz CT molecular complexity index is 1590. The fourth-order valence-electron chi connectivity index (χ4n) is 3.82. The molecule has 0 saturated carbocycles. The van der Waals surface area contributed by atoms with E-state index in [9.17, 15) is 10.1 Å². The lowest BCUT2D eigenvalue weighted by atomic mass is 10.1. The third-order valence-corrected chi connectivity index (χ3v) is 9.19. The van der Waals surface area contributed by atoms with Crippen LogP contribution in [-0.2, 0) is 0 Å². The van der Waals surface area contributed by atoms with E-state index in [2.05, 4.69) is 45.4 Å². The summed E-state index contributed by atoms with van der Waals surface area (Å²) >= 11 is 9.91. The molecule has 0 aliphatic carbocycles. The number of rotatable bonds is 10. The van der Waals surface area contributed by atoms with Crippen LogP contribution in [0, 0.1) is 17.0 Å². The lowest BCUT2D eigenvalue weighted by Crippen LogP contribution is -2.03. The van der Waals surface area contributed by atoms with Gasteiger partial charge in [-0.15, -0.1) is 47.7 Å². The minimum Gasteiger partial charge on any atom is -0.358 e. The van der Waals surface area contributed by atoms with Crippen LogP contribution >= 0.6 is 60.3 Å². The third-order valence-electron chi connectivity index (χ3n) is 5.72. The van der Waals surface area contributed by atoms with Crippen LogP contribution in [0.15, 0.2) is 63.6 Å². The van der Waals surface area contributed by atoms with Crippen molar-refractivity contribution in [1.29, 1.82) is 0 Å². The van der Waals surface area contributed by atoms with Gasteiger partial charge < -0.3 is 15.1 Å². The van der Waals surface area contributed by atoms with Crippen LogP contribution in [0.25, 0.3) is 16.7 Å². The Kier molecular flexibility index (Phi) is 9.47. The second-order valence-electron chi connectivity index (χ2n) is 8.09. The highest BCUT2D eigenvalue weighted by Crippen LogP contribution is 2.34. The Morgan fingerprint density at radius 1 is 1.16 bits per heavy atom. The summed E-state index contributed by atoms with van der Waals surface area (Å²) in [5.74, 6) is 2.42. The van der Waals surface area contributed by atoms with Crippen LogP contribution in [0.3, 0.4) is 0 Å². The molecule has 0 spiro atoms. The van der Waals surface area contributed by atoms with Crippen LogP contribution in [0.1, 0.15) is 28.8 Å². The van der Waals surface area contributed by atoms with Crippen molar-refractivity contribution >= 4 is 82.8 Å². The molecule has 0 saturated heterocycles. The number of fused-ring (bicyclic) bond motifs is 2. The number of aromatic nitrogens is 6. The quantitative estimate of drug-likeness (QED) is 0.0593. The third kappa shape index (κ3) is 6.07. The Balaban J connectivity index is 0.00000336. The minimum atomic E-state index is -0.478. The number of benzene rings is 1. The largest absolute Gasteiger partial charge is 0.368 e. The first-order chi connectivity index (χ1) is 17.9. The number of thioether (sulfide) groups is 3. The van der Waals surface area contributed by atoms with E-state index < -0.39 is 4.92 Å². The maximum Gasteiger partial charge on any atom is 0.368 e. The van der Waals surface area contributed by atoms with Gasteiger partial charge in [-0.3, -0.25) is 4.98 Å². The zero-order valence-electron chi connectivity index (χ0n) is 20.4. The summed E-state index contributed by atoms with van der Waals surface area (Å²) in [7, 11) is 0. The van der Waals surface area contributed by atoms with Crippen LogP contribution in [-0.4, -0.2) is 52.2 Å². The molecule has 14 heteroatoms. The molecule has 0 bridgehead atoms. The summed E-state index contributed by atoms with van der Waals surface area (Å²) in [6.45, 7) is 2.08. The van der Waals surface area contributed by atoms with Crippen molar-refractivity contribution in [2.75, 3.05) is 17.8 Å². The molecule has 0 aliphatic heterocycles. The zero-order chi connectivity index (χ0) is 25.9. The van der Waals surface area contributed by atoms with E-state index >= 15 is 0 Å². The van der Waals surface area contributed by atoms with Crippen LogP contribution in [0.4, 0.5) is 5.82 Å². The smallest absolute Gasteiger partial charge is 0.358 e. The van der Waals surface area contributed by atoms with Gasteiger partial charge in [0.05, 0.1) is 16.7 Å². The standard InChI is InChI=1S/C24H23N7O2S4.ClH/c1-14-18(36-10-3-11-37-20-7-6-19-26-13-21(31(32)33)30(19)29-20)8-9-25-22(14)23(34)24-27-16-5-4-15(35-2)12-17(16)28-24;/h4-9,12-13,23,34H,3,10-11H2,1-2H3,(H,27,28);1H. The highest BCUT2D eigenvalue weighted by Gasteiger charge is 2.20. The van der Waals surface area contributed by atoms with Gasteiger partial charge in [-0.1, -0.05) is 9.61 Å². The van der Waals surface area contributed by atoms with Gasteiger partial charge in [-0.25, -0.2) is 9.97 Å². The predicted molar refractivity (Wildman–Crippen MR) is 161 cm³/mol. The van der Waals surface area contributed by atoms with Gasteiger partial charge in [0, 0.05) is 27.8 Å². The van der Waals surface area contributed by atoms with E-state index in [4.69, 9.17) is 17.6 Å². The number of hydrogen-bond acceptors (Lipinski definition) is 10. The Morgan fingerprint density at radius 2 is 1.97 bits per heavy atom. The molecule has 0 aliphatic rings. The van der Waals surface area contributed by atoms with Crippen molar-refractivity contribution in [1.82, 2.24) is 29.5 Å².